The average Bonchev–Trinajstić information content (AvgIpc) is 2.42. The van der Waals surface area contributed by atoms with Crippen molar-refractivity contribution in [2.24, 2.45) is 5.92 Å². The molecule has 5 heteroatoms. The summed E-state index contributed by atoms with van der Waals surface area (Å²) < 4.78 is 0. The number of carboxylic acids is 1. The Morgan fingerprint density at radius 3 is 2.60 bits per heavy atom. The van der Waals surface area contributed by atoms with Crippen molar-refractivity contribution in [2.75, 3.05) is 0 Å². The number of carbonyl (C=O) groups excluding carboxylic acids is 1. The lowest BCUT2D eigenvalue weighted by atomic mass is 9.99. The van der Waals surface area contributed by atoms with E-state index in [9.17, 15) is 9.59 Å². The summed E-state index contributed by atoms with van der Waals surface area (Å²) in [6.45, 7) is 3.67. The van der Waals surface area contributed by atoms with Gasteiger partial charge in [-0.2, -0.15) is 0 Å². The maximum Gasteiger partial charge on any atom is 0.326 e. The molecule has 0 fully saturated rings. The van der Waals surface area contributed by atoms with E-state index in [1.165, 1.54) is 6.08 Å². The number of rotatable bonds is 6. The zero-order chi connectivity index (χ0) is 15.1. The van der Waals surface area contributed by atoms with Gasteiger partial charge in [-0.1, -0.05) is 50.1 Å². The van der Waals surface area contributed by atoms with Gasteiger partial charge in [0, 0.05) is 11.1 Å². The van der Waals surface area contributed by atoms with Gasteiger partial charge in [-0.05, 0) is 23.6 Å². The second-order valence-electron chi connectivity index (χ2n) is 4.56. The molecule has 0 aliphatic carbocycles. The van der Waals surface area contributed by atoms with Gasteiger partial charge in [0.15, 0.2) is 0 Å². The zero-order valence-electron chi connectivity index (χ0n) is 11.5. The number of aliphatic carboxylic acids is 1. The lowest BCUT2D eigenvalue weighted by Gasteiger charge is -2.19. The number of nitrogens with one attached hydrogen (secondary N) is 1. The first-order valence-electron chi connectivity index (χ1n) is 6.41. The first-order chi connectivity index (χ1) is 9.45. The number of carbonyl (C=O) groups is 2. The van der Waals surface area contributed by atoms with Crippen molar-refractivity contribution in [3.05, 3.63) is 40.9 Å². The molecule has 2 atom stereocenters. The highest BCUT2D eigenvalue weighted by Gasteiger charge is 2.24. The van der Waals surface area contributed by atoms with Crippen LogP contribution in [0.3, 0.4) is 0 Å². The Bertz CT molecular complexity index is 514. The van der Waals surface area contributed by atoms with Gasteiger partial charge < -0.3 is 10.4 Å². The third kappa shape index (κ3) is 4.70. The minimum absolute atomic E-state index is 0.134. The molecule has 0 saturated carbocycles. The predicted molar refractivity (Wildman–Crippen MR) is 79.5 cm³/mol. The molecular formula is C15H18ClNO3. The van der Waals surface area contributed by atoms with Crippen molar-refractivity contribution in [1.29, 1.82) is 0 Å². The van der Waals surface area contributed by atoms with Crippen LogP contribution in [0.15, 0.2) is 30.3 Å². The van der Waals surface area contributed by atoms with E-state index >= 15 is 0 Å². The Balaban J connectivity index is 2.71. The van der Waals surface area contributed by atoms with Gasteiger partial charge in [0.25, 0.3) is 0 Å². The smallest absolute Gasteiger partial charge is 0.326 e. The average molecular weight is 296 g/mol. The van der Waals surface area contributed by atoms with E-state index in [0.717, 1.165) is 0 Å². The number of hydrogen-bond acceptors (Lipinski definition) is 2. The summed E-state index contributed by atoms with van der Waals surface area (Å²) in [5, 5.41) is 12.1. The normalized spacial score (nSPS) is 13.9. The second kappa shape index (κ2) is 7.70. The van der Waals surface area contributed by atoms with E-state index in [-0.39, 0.29) is 5.92 Å². The highest BCUT2D eigenvalue weighted by atomic mass is 35.5. The molecule has 1 aromatic rings. The van der Waals surface area contributed by atoms with Crippen LogP contribution >= 0.6 is 11.6 Å². The van der Waals surface area contributed by atoms with Gasteiger partial charge in [0.05, 0.1) is 0 Å². The van der Waals surface area contributed by atoms with E-state index in [1.807, 2.05) is 13.0 Å². The van der Waals surface area contributed by atoms with Crippen LogP contribution in [0.1, 0.15) is 25.8 Å². The van der Waals surface area contributed by atoms with E-state index in [4.69, 9.17) is 16.7 Å². The lowest BCUT2D eigenvalue weighted by molar-refractivity contribution is -0.142. The first kappa shape index (κ1) is 16.2. The molecule has 0 aliphatic rings. The monoisotopic (exact) mass is 295 g/mol. The van der Waals surface area contributed by atoms with Gasteiger partial charge in [0.2, 0.25) is 5.91 Å². The van der Waals surface area contributed by atoms with Crippen molar-refractivity contribution in [2.45, 2.75) is 26.3 Å². The summed E-state index contributed by atoms with van der Waals surface area (Å²) >= 11 is 5.96. The van der Waals surface area contributed by atoms with Crippen LogP contribution in [-0.2, 0) is 9.59 Å². The summed E-state index contributed by atoms with van der Waals surface area (Å²) in [6, 6.07) is 6.21. The van der Waals surface area contributed by atoms with Crippen molar-refractivity contribution >= 4 is 29.6 Å². The predicted octanol–water partition coefficient (Wildman–Crippen LogP) is 2.97. The molecule has 1 rings (SSSR count). The topological polar surface area (TPSA) is 66.4 Å². The van der Waals surface area contributed by atoms with E-state index < -0.39 is 17.9 Å². The number of amides is 1. The Morgan fingerprint density at radius 2 is 2.05 bits per heavy atom. The zero-order valence-corrected chi connectivity index (χ0v) is 12.2. The Morgan fingerprint density at radius 1 is 1.40 bits per heavy atom. The third-order valence-electron chi connectivity index (χ3n) is 3.10. The number of benzene rings is 1. The molecule has 0 aromatic heterocycles. The highest BCUT2D eigenvalue weighted by molar-refractivity contribution is 6.32. The fourth-order valence-electron chi connectivity index (χ4n) is 1.66. The lowest BCUT2D eigenvalue weighted by Crippen LogP contribution is -2.44. The van der Waals surface area contributed by atoms with Crippen molar-refractivity contribution in [3.63, 3.8) is 0 Å². The molecule has 2 N–H and O–H groups in total. The maximum atomic E-state index is 11.8. The molecule has 0 spiro atoms. The van der Waals surface area contributed by atoms with Gasteiger partial charge in [-0.25, -0.2) is 4.79 Å². The SMILES string of the molecule is CCC(C)[C@H](NC(=O)/C=C/c1ccccc1Cl)C(=O)O. The number of carboxylic acid groups (broad SMARTS) is 1. The van der Waals surface area contributed by atoms with Crippen LogP contribution in [0, 0.1) is 5.92 Å². The van der Waals surface area contributed by atoms with Crippen LogP contribution in [0.4, 0.5) is 0 Å². The van der Waals surface area contributed by atoms with Gasteiger partial charge in [-0.15, -0.1) is 0 Å². The molecule has 0 bridgehead atoms. The quantitative estimate of drug-likeness (QED) is 0.793. The summed E-state index contributed by atoms with van der Waals surface area (Å²) in [7, 11) is 0. The molecule has 1 unspecified atom stereocenters. The Labute approximate surface area is 123 Å². The van der Waals surface area contributed by atoms with Crippen molar-refractivity contribution in [1.82, 2.24) is 5.32 Å². The van der Waals surface area contributed by atoms with Crippen LogP contribution in [0.2, 0.25) is 5.02 Å². The summed E-state index contributed by atoms with van der Waals surface area (Å²) in [5.41, 5.74) is 0.708. The molecule has 0 heterocycles. The fourth-order valence-corrected chi connectivity index (χ4v) is 1.86. The molecule has 108 valence electrons. The van der Waals surface area contributed by atoms with Crippen LogP contribution in [-0.4, -0.2) is 23.0 Å². The molecule has 20 heavy (non-hydrogen) atoms. The molecule has 0 saturated heterocycles. The molecule has 0 aliphatic heterocycles. The number of halogens is 1. The van der Waals surface area contributed by atoms with Crippen molar-refractivity contribution < 1.29 is 14.7 Å². The van der Waals surface area contributed by atoms with Gasteiger partial charge in [-0.3, -0.25) is 4.79 Å². The minimum Gasteiger partial charge on any atom is -0.480 e. The Kier molecular flexibility index (Phi) is 6.25. The van der Waals surface area contributed by atoms with Crippen LogP contribution in [0.5, 0.6) is 0 Å². The minimum atomic E-state index is -1.03. The van der Waals surface area contributed by atoms with Gasteiger partial charge in [0.1, 0.15) is 6.04 Å². The first-order valence-corrected chi connectivity index (χ1v) is 6.79. The van der Waals surface area contributed by atoms with E-state index in [1.54, 1.807) is 31.2 Å². The summed E-state index contributed by atoms with van der Waals surface area (Å²) in [4.78, 5) is 22.9. The Hall–Kier alpha value is -1.81. The molecule has 0 radical (unpaired) electrons. The third-order valence-corrected chi connectivity index (χ3v) is 3.44. The maximum absolute atomic E-state index is 11.8. The van der Waals surface area contributed by atoms with Crippen molar-refractivity contribution in [3.8, 4) is 0 Å². The molecule has 1 amide bonds. The highest BCUT2D eigenvalue weighted by Crippen LogP contribution is 2.16. The summed E-state index contributed by atoms with van der Waals surface area (Å²) in [5.74, 6) is -1.61. The molecule has 4 nitrogen and oxygen atoms in total. The summed E-state index contributed by atoms with van der Waals surface area (Å²) in [6.07, 6.45) is 3.53. The largest absolute Gasteiger partial charge is 0.480 e. The van der Waals surface area contributed by atoms with Crippen LogP contribution < -0.4 is 5.32 Å². The number of hydrogen-bond donors (Lipinski definition) is 2. The second-order valence-corrected chi connectivity index (χ2v) is 4.97. The van der Waals surface area contributed by atoms with E-state index in [0.29, 0.717) is 17.0 Å². The molecule has 1 aromatic carbocycles. The molecular weight excluding hydrogens is 278 g/mol. The standard InChI is InChI=1S/C15H18ClNO3/c1-3-10(2)14(15(19)20)17-13(18)9-8-11-6-4-5-7-12(11)16/h4-10,14H,3H2,1-2H3,(H,17,18)(H,19,20)/b9-8+/t10?,14-/m0/s1. The fraction of sp³-hybridized carbons (Fsp3) is 0.333. The van der Waals surface area contributed by atoms with E-state index in [2.05, 4.69) is 5.32 Å². The van der Waals surface area contributed by atoms with Crippen LogP contribution in [0.25, 0.3) is 6.08 Å². The van der Waals surface area contributed by atoms with Gasteiger partial charge >= 0.3 is 5.97 Å².